The van der Waals surface area contributed by atoms with E-state index < -0.39 is 10.0 Å². The molecule has 0 aliphatic heterocycles. The van der Waals surface area contributed by atoms with Crippen molar-refractivity contribution in [3.05, 3.63) is 12.4 Å². The van der Waals surface area contributed by atoms with Crippen molar-refractivity contribution in [1.29, 1.82) is 0 Å². The van der Waals surface area contributed by atoms with E-state index in [2.05, 4.69) is 22.1 Å². The molecule has 1 aromatic rings. The van der Waals surface area contributed by atoms with Crippen molar-refractivity contribution < 1.29 is 8.42 Å². The minimum absolute atomic E-state index is 0.225. The zero-order chi connectivity index (χ0) is 12.7. The number of aromatic nitrogens is 2. The van der Waals surface area contributed by atoms with Gasteiger partial charge in [0.05, 0.1) is 6.20 Å². The summed E-state index contributed by atoms with van der Waals surface area (Å²) in [4.78, 5) is 0.225. The second-order valence-electron chi connectivity index (χ2n) is 3.65. The normalized spacial score (nSPS) is 11.9. The van der Waals surface area contributed by atoms with Crippen LogP contribution in [0.15, 0.2) is 17.3 Å². The van der Waals surface area contributed by atoms with Crippen LogP contribution in [0.1, 0.15) is 20.3 Å². The number of rotatable bonds is 8. The van der Waals surface area contributed by atoms with E-state index in [1.807, 2.05) is 0 Å². The molecular formula is C10H20N4O2S. The smallest absolute Gasteiger partial charge is 0.243 e. The van der Waals surface area contributed by atoms with Gasteiger partial charge in [0, 0.05) is 19.3 Å². The Hall–Kier alpha value is -0.920. The Kier molecular flexibility index (Phi) is 5.60. The summed E-state index contributed by atoms with van der Waals surface area (Å²) in [5.41, 5.74) is 0. The summed E-state index contributed by atoms with van der Waals surface area (Å²) in [6, 6.07) is 0. The summed E-state index contributed by atoms with van der Waals surface area (Å²) in [5, 5.41) is 7.24. The Morgan fingerprint density at radius 2 is 2.12 bits per heavy atom. The van der Waals surface area contributed by atoms with E-state index in [1.165, 1.54) is 6.20 Å². The monoisotopic (exact) mass is 260 g/mol. The fraction of sp³-hybridized carbons (Fsp3) is 0.700. The van der Waals surface area contributed by atoms with Crippen LogP contribution in [0.3, 0.4) is 0 Å². The Bertz CT molecular complexity index is 427. The number of sulfonamides is 1. The van der Waals surface area contributed by atoms with Gasteiger partial charge in [-0.15, -0.1) is 0 Å². The van der Waals surface area contributed by atoms with Gasteiger partial charge in [-0.3, -0.25) is 4.68 Å². The molecule has 0 amide bonds. The van der Waals surface area contributed by atoms with Gasteiger partial charge in [0.2, 0.25) is 10.0 Å². The third kappa shape index (κ3) is 4.45. The van der Waals surface area contributed by atoms with Gasteiger partial charge >= 0.3 is 0 Å². The van der Waals surface area contributed by atoms with Crippen LogP contribution in [0, 0.1) is 0 Å². The van der Waals surface area contributed by atoms with Gasteiger partial charge in [0.1, 0.15) is 4.90 Å². The molecule has 1 heterocycles. The summed E-state index contributed by atoms with van der Waals surface area (Å²) in [7, 11) is -3.37. The van der Waals surface area contributed by atoms with Crippen molar-refractivity contribution in [1.82, 2.24) is 19.8 Å². The minimum atomic E-state index is -3.37. The van der Waals surface area contributed by atoms with Crippen molar-refractivity contribution in [2.45, 2.75) is 31.7 Å². The lowest BCUT2D eigenvalue weighted by Crippen LogP contribution is -2.22. The first-order chi connectivity index (χ1) is 8.10. The highest BCUT2D eigenvalue weighted by molar-refractivity contribution is 7.89. The molecule has 0 saturated heterocycles. The lowest BCUT2D eigenvalue weighted by Gasteiger charge is -2.02. The molecule has 0 aliphatic carbocycles. The van der Waals surface area contributed by atoms with Crippen LogP contribution in [0.25, 0.3) is 0 Å². The van der Waals surface area contributed by atoms with Crippen LogP contribution in [-0.2, 0) is 16.6 Å². The average Bonchev–Trinajstić information content (AvgIpc) is 2.74. The topological polar surface area (TPSA) is 76.0 Å². The standard InChI is InChI=1S/C10H20N4O2S/c1-3-11-6-5-7-14-9-10(8-12-14)17(15,16)13-4-2/h8-9,11,13H,3-7H2,1-2H3. The fourth-order valence-corrected chi connectivity index (χ4v) is 2.41. The summed E-state index contributed by atoms with van der Waals surface area (Å²) in [6.07, 6.45) is 3.87. The molecule has 0 radical (unpaired) electrons. The maximum absolute atomic E-state index is 11.6. The van der Waals surface area contributed by atoms with Gasteiger partial charge in [0.15, 0.2) is 0 Å². The van der Waals surface area contributed by atoms with E-state index in [-0.39, 0.29) is 4.90 Å². The molecule has 6 nitrogen and oxygen atoms in total. The lowest BCUT2D eigenvalue weighted by molar-refractivity contribution is 0.549. The SMILES string of the molecule is CCNCCCn1cc(S(=O)(=O)NCC)cn1. The zero-order valence-corrected chi connectivity index (χ0v) is 11.1. The number of aryl methyl sites for hydroxylation is 1. The molecule has 0 fully saturated rings. The molecule has 0 spiro atoms. The molecule has 7 heteroatoms. The van der Waals surface area contributed by atoms with Crippen LogP contribution in [0.5, 0.6) is 0 Å². The van der Waals surface area contributed by atoms with Crippen molar-refractivity contribution in [2.24, 2.45) is 0 Å². The van der Waals surface area contributed by atoms with Crippen molar-refractivity contribution >= 4 is 10.0 Å². The number of hydrogen-bond donors (Lipinski definition) is 2. The Balaban J connectivity index is 2.53. The number of nitrogens with one attached hydrogen (secondary N) is 2. The summed E-state index contributed by atoms with van der Waals surface area (Å²) < 4.78 is 27.4. The second-order valence-corrected chi connectivity index (χ2v) is 5.41. The molecule has 0 aromatic carbocycles. The predicted octanol–water partition coefficient (Wildman–Crippen LogP) is 0.181. The van der Waals surface area contributed by atoms with E-state index >= 15 is 0 Å². The molecule has 0 atom stereocenters. The van der Waals surface area contributed by atoms with Crippen LogP contribution in [0.2, 0.25) is 0 Å². The molecule has 0 aliphatic rings. The first-order valence-corrected chi connectivity index (χ1v) is 7.31. The number of hydrogen-bond acceptors (Lipinski definition) is 4. The molecule has 0 saturated carbocycles. The van der Waals surface area contributed by atoms with Crippen LogP contribution in [0.4, 0.5) is 0 Å². The Morgan fingerprint density at radius 3 is 2.76 bits per heavy atom. The molecule has 98 valence electrons. The van der Waals surface area contributed by atoms with E-state index in [1.54, 1.807) is 17.8 Å². The van der Waals surface area contributed by atoms with Gasteiger partial charge in [-0.05, 0) is 19.5 Å². The van der Waals surface area contributed by atoms with Crippen molar-refractivity contribution in [3.8, 4) is 0 Å². The average molecular weight is 260 g/mol. The second kappa shape index (κ2) is 6.73. The molecule has 1 rings (SSSR count). The van der Waals surface area contributed by atoms with E-state index in [0.717, 1.165) is 19.5 Å². The van der Waals surface area contributed by atoms with Crippen LogP contribution < -0.4 is 10.0 Å². The first-order valence-electron chi connectivity index (χ1n) is 5.83. The minimum Gasteiger partial charge on any atom is -0.317 e. The largest absolute Gasteiger partial charge is 0.317 e. The Morgan fingerprint density at radius 1 is 1.35 bits per heavy atom. The van der Waals surface area contributed by atoms with Crippen LogP contribution >= 0.6 is 0 Å². The van der Waals surface area contributed by atoms with Gasteiger partial charge in [0.25, 0.3) is 0 Å². The summed E-state index contributed by atoms with van der Waals surface area (Å²) >= 11 is 0. The maximum Gasteiger partial charge on any atom is 0.243 e. The highest BCUT2D eigenvalue weighted by atomic mass is 32.2. The lowest BCUT2D eigenvalue weighted by atomic mass is 10.4. The molecule has 2 N–H and O–H groups in total. The number of nitrogens with zero attached hydrogens (tertiary/aromatic N) is 2. The third-order valence-electron chi connectivity index (χ3n) is 2.24. The molecular weight excluding hydrogens is 240 g/mol. The van der Waals surface area contributed by atoms with E-state index in [0.29, 0.717) is 13.1 Å². The van der Waals surface area contributed by atoms with Gasteiger partial charge in [-0.25, -0.2) is 13.1 Å². The summed E-state index contributed by atoms with van der Waals surface area (Å²) in [5.74, 6) is 0. The van der Waals surface area contributed by atoms with E-state index in [9.17, 15) is 8.42 Å². The molecule has 17 heavy (non-hydrogen) atoms. The highest BCUT2D eigenvalue weighted by Gasteiger charge is 2.14. The van der Waals surface area contributed by atoms with Crippen molar-refractivity contribution in [3.63, 3.8) is 0 Å². The van der Waals surface area contributed by atoms with E-state index in [4.69, 9.17) is 0 Å². The van der Waals surface area contributed by atoms with Gasteiger partial charge < -0.3 is 5.32 Å². The highest BCUT2D eigenvalue weighted by Crippen LogP contribution is 2.06. The summed E-state index contributed by atoms with van der Waals surface area (Å²) in [6.45, 7) is 6.75. The van der Waals surface area contributed by atoms with Gasteiger partial charge in [-0.1, -0.05) is 13.8 Å². The third-order valence-corrected chi connectivity index (χ3v) is 3.75. The zero-order valence-electron chi connectivity index (χ0n) is 10.3. The fourth-order valence-electron chi connectivity index (χ4n) is 1.42. The van der Waals surface area contributed by atoms with Gasteiger partial charge in [-0.2, -0.15) is 5.10 Å². The quantitative estimate of drug-likeness (QED) is 0.654. The first kappa shape index (κ1) is 14.1. The Labute approximate surface area is 102 Å². The molecule has 0 bridgehead atoms. The molecule has 0 unspecified atom stereocenters. The maximum atomic E-state index is 11.6. The molecule has 1 aromatic heterocycles. The predicted molar refractivity (Wildman–Crippen MR) is 66.3 cm³/mol. The van der Waals surface area contributed by atoms with Crippen molar-refractivity contribution in [2.75, 3.05) is 19.6 Å². The van der Waals surface area contributed by atoms with Crippen LogP contribution in [-0.4, -0.2) is 37.8 Å².